The van der Waals surface area contributed by atoms with Crippen LogP contribution in [0.3, 0.4) is 0 Å². The maximum atomic E-state index is 5.67. The molecule has 4 aliphatic rings. The van der Waals surface area contributed by atoms with Crippen LogP contribution in [0, 0.1) is 5.92 Å². The molecule has 3 heteroatoms. The van der Waals surface area contributed by atoms with Gasteiger partial charge in [0.05, 0.1) is 17.8 Å². The number of fused-ring (bicyclic) bond motifs is 3. The van der Waals surface area contributed by atoms with Gasteiger partial charge >= 0.3 is 0 Å². The number of epoxide rings is 1. The van der Waals surface area contributed by atoms with Gasteiger partial charge in [-0.15, -0.1) is 0 Å². The molecule has 1 saturated carbocycles. The Balaban J connectivity index is 1.46. The van der Waals surface area contributed by atoms with Crippen molar-refractivity contribution in [1.82, 2.24) is 10.6 Å². The van der Waals surface area contributed by atoms with Gasteiger partial charge < -0.3 is 15.4 Å². The van der Waals surface area contributed by atoms with Crippen LogP contribution in [0.5, 0.6) is 0 Å². The summed E-state index contributed by atoms with van der Waals surface area (Å²) in [6.45, 7) is 0. The first kappa shape index (κ1) is 8.72. The molecule has 3 nitrogen and oxygen atoms in total. The number of hydrogen-bond acceptors (Lipinski definition) is 3. The molecule has 2 N–H and O–H groups in total. The molecule has 0 bridgehead atoms. The predicted molar refractivity (Wildman–Crippen MR) is 64.0 cm³/mol. The van der Waals surface area contributed by atoms with E-state index in [9.17, 15) is 0 Å². The van der Waals surface area contributed by atoms with Crippen molar-refractivity contribution in [3.05, 3.63) is 41.6 Å². The molecule has 17 heavy (non-hydrogen) atoms. The van der Waals surface area contributed by atoms with Crippen LogP contribution < -0.4 is 10.6 Å². The van der Waals surface area contributed by atoms with Crippen LogP contribution in [-0.2, 0) is 4.74 Å². The topological polar surface area (TPSA) is 56.4 Å². The lowest BCUT2D eigenvalue weighted by Gasteiger charge is -2.12. The van der Waals surface area contributed by atoms with Crippen molar-refractivity contribution in [3.8, 4) is 0 Å². The third-order valence-corrected chi connectivity index (χ3v) is 4.46. The van der Waals surface area contributed by atoms with E-state index in [2.05, 4.69) is 41.0 Å². The number of nitrogens with one attached hydrogen (secondary N) is 2. The Bertz CT molecular complexity index is 524. The predicted octanol–water partition coefficient (Wildman–Crippen LogP) is 1.09. The fourth-order valence-electron chi connectivity index (χ4n) is 3.40. The molecule has 3 aliphatic heterocycles. The summed E-state index contributed by atoms with van der Waals surface area (Å²) in [5, 5.41) is 7.05. The zero-order valence-corrected chi connectivity index (χ0v) is 9.39. The SMILES string of the molecule is c1ccc(C2=C(C3CC4OC4C4NC34)N2)cc1. The van der Waals surface area contributed by atoms with Gasteiger partial charge in [-0.05, 0) is 12.0 Å². The van der Waals surface area contributed by atoms with Crippen LogP contribution in [0.1, 0.15) is 12.0 Å². The second-order valence-corrected chi connectivity index (χ2v) is 5.48. The molecule has 2 saturated heterocycles. The number of rotatable bonds is 2. The Morgan fingerprint density at radius 3 is 2.88 bits per heavy atom. The molecule has 1 aromatic carbocycles. The van der Waals surface area contributed by atoms with Crippen molar-refractivity contribution < 1.29 is 4.74 Å². The smallest absolute Gasteiger partial charge is 0.101 e. The van der Waals surface area contributed by atoms with Crippen molar-refractivity contribution in [2.24, 2.45) is 5.92 Å². The van der Waals surface area contributed by atoms with Crippen molar-refractivity contribution >= 4 is 5.70 Å². The molecule has 5 rings (SSSR count). The Hall–Kier alpha value is -1.32. The highest BCUT2D eigenvalue weighted by Gasteiger charge is 2.64. The summed E-state index contributed by atoms with van der Waals surface area (Å²) in [6, 6.07) is 11.9. The summed E-state index contributed by atoms with van der Waals surface area (Å²) in [4.78, 5) is 0. The van der Waals surface area contributed by atoms with Gasteiger partial charge in [0.1, 0.15) is 6.10 Å². The lowest BCUT2D eigenvalue weighted by Crippen LogP contribution is -2.23. The third kappa shape index (κ3) is 1.18. The Morgan fingerprint density at radius 2 is 2.00 bits per heavy atom. The van der Waals surface area contributed by atoms with E-state index < -0.39 is 0 Å². The first-order valence-corrected chi connectivity index (χ1v) is 6.40. The van der Waals surface area contributed by atoms with Crippen LogP contribution in [0.2, 0.25) is 0 Å². The van der Waals surface area contributed by atoms with E-state index in [1.807, 2.05) is 0 Å². The van der Waals surface area contributed by atoms with Gasteiger partial charge in [-0.2, -0.15) is 0 Å². The molecule has 3 heterocycles. The third-order valence-electron chi connectivity index (χ3n) is 4.46. The molecule has 86 valence electrons. The Kier molecular flexibility index (Phi) is 1.40. The van der Waals surface area contributed by atoms with Crippen LogP contribution in [0.4, 0.5) is 0 Å². The molecule has 0 amide bonds. The highest BCUT2D eigenvalue weighted by Crippen LogP contribution is 2.51. The molecule has 5 atom stereocenters. The normalized spacial score (nSPS) is 44.6. The molecular formula is C14H14N2O. The molecule has 0 radical (unpaired) electrons. The van der Waals surface area contributed by atoms with Gasteiger partial charge in [0, 0.05) is 17.7 Å². The minimum absolute atomic E-state index is 0.531. The molecule has 1 aromatic rings. The second kappa shape index (κ2) is 2.74. The van der Waals surface area contributed by atoms with Crippen molar-refractivity contribution in [2.75, 3.05) is 0 Å². The Labute approximate surface area is 99.9 Å². The summed E-state index contributed by atoms with van der Waals surface area (Å²) in [7, 11) is 0. The van der Waals surface area contributed by atoms with E-state index in [1.54, 1.807) is 0 Å². The zero-order chi connectivity index (χ0) is 11.0. The fourth-order valence-corrected chi connectivity index (χ4v) is 3.40. The van der Waals surface area contributed by atoms with Gasteiger partial charge in [-0.3, -0.25) is 0 Å². The van der Waals surface area contributed by atoms with Crippen LogP contribution >= 0.6 is 0 Å². The highest BCUT2D eigenvalue weighted by molar-refractivity contribution is 5.80. The minimum Gasteiger partial charge on any atom is -0.368 e. The van der Waals surface area contributed by atoms with E-state index in [-0.39, 0.29) is 0 Å². The van der Waals surface area contributed by atoms with Crippen molar-refractivity contribution in [3.63, 3.8) is 0 Å². The van der Waals surface area contributed by atoms with Crippen molar-refractivity contribution in [2.45, 2.75) is 30.7 Å². The standard InChI is InChI=1S/C14H14N2O/c1-2-4-7(5-3-1)10-11(15-10)8-6-9-14(17-9)13-12(8)16-13/h1-5,8-9,12-16H,6H2. The summed E-state index contributed by atoms with van der Waals surface area (Å²) in [5.41, 5.74) is 4.12. The summed E-state index contributed by atoms with van der Waals surface area (Å²) in [6.07, 6.45) is 2.26. The maximum Gasteiger partial charge on any atom is 0.101 e. The average molecular weight is 226 g/mol. The van der Waals surface area contributed by atoms with Gasteiger partial charge in [-0.25, -0.2) is 0 Å². The molecule has 5 unspecified atom stereocenters. The van der Waals surface area contributed by atoms with Gasteiger partial charge in [0.25, 0.3) is 0 Å². The lowest BCUT2D eigenvalue weighted by molar-refractivity contribution is 0.358. The van der Waals surface area contributed by atoms with Crippen LogP contribution in [-0.4, -0.2) is 24.3 Å². The largest absolute Gasteiger partial charge is 0.368 e. The zero-order valence-electron chi connectivity index (χ0n) is 9.39. The van der Waals surface area contributed by atoms with Crippen LogP contribution in [0.25, 0.3) is 5.70 Å². The fraction of sp³-hybridized carbons (Fsp3) is 0.429. The number of benzene rings is 1. The average Bonchev–Trinajstić information content (AvgIpc) is 3.26. The molecule has 1 aliphatic carbocycles. The Morgan fingerprint density at radius 1 is 1.12 bits per heavy atom. The van der Waals surface area contributed by atoms with E-state index in [0.717, 1.165) is 0 Å². The van der Waals surface area contributed by atoms with E-state index in [4.69, 9.17) is 4.74 Å². The number of ether oxygens (including phenoxy) is 1. The molecular weight excluding hydrogens is 212 g/mol. The minimum atomic E-state index is 0.531. The van der Waals surface area contributed by atoms with Gasteiger partial charge in [-0.1, -0.05) is 30.3 Å². The number of hydrogen-bond donors (Lipinski definition) is 2. The van der Waals surface area contributed by atoms with E-state index in [0.29, 0.717) is 30.2 Å². The highest BCUT2D eigenvalue weighted by atomic mass is 16.6. The monoisotopic (exact) mass is 226 g/mol. The van der Waals surface area contributed by atoms with Crippen LogP contribution in [0.15, 0.2) is 36.0 Å². The maximum absolute atomic E-state index is 5.67. The first-order chi connectivity index (χ1) is 8.42. The van der Waals surface area contributed by atoms with E-state index in [1.165, 1.54) is 23.4 Å². The second-order valence-electron chi connectivity index (χ2n) is 5.48. The molecule has 0 spiro atoms. The summed E-state index contributed by atoms with van der Waals surface area (Å²) >= 11 is 0. The van der Waals surface area contributed by atoms with Gasteiger partial charge in [0.15, 0.2) is 0 Å². The quantitative estimate of drug-likeness (QED) is 0.742. The van der Waals surface area contributed by atoms with E-state index >= 15 is 0 Å². The summed E-state index contributed by atoms with van der Waals surface area (Å²) < 4.78 is 5.67. The molecule has 0 aromatic heterocycles. The molecule has 3 fully saturated rings. The van der Waals surface area contributed by atoms with Crippen molar-refractivity contribution in [1.29, 1.82) is 0 Å². The first-order valence-electron chi connectivity index (χ1n) is 6.40. The lowest BCUT2D eigenvalue weighted by atomic mass is 9.88. The van der Waals surface area contributed by atoms with Gasteiger partial charge in [0.2, 0.25) is 0 Å². The summed E-state index contributed by atoms with van der Waals surface area (Å²) in [5.74, 6) is 0.652.